The molecule has 0 aromatic rings. The summed E-state index contributed by atoms with van der Waals surface area (Å²) in [5.74, 6) is -0.796. The zero-order chi connectivity index (χ0) is 34.2. The van der Waals surface area contributed by atoms with Crippen molar-refractivity contribution in [3.8, 4) is 0 Å². The molecule has 2 fully saturated rings. The molecule has 18 nitrogen and oxygen atoms in total. The van der Waals surface area contributed by atoms with Crippen LogP contribution in [0.3, 0.4) is 0 Å². The molecule has 3 aliphatic rings. The standard InChI is InChI=1S/C28H54N8O10/c1-28(42)12-43-27(20(39)23(28)34-2)46-22-17(36-25(41)18(37)7-9-30)10-15(33)21(19(22)38)45-26-16(6-5-13(11-31)44-26)35-24(40)14(32)4-3-8-29/h5,14-23,26-27,34,37-39,42H,3-4,6-12,29-33H2,1-2H3,(H,35,40)(H,36,41)/t14?,15-,16+,17+,18-,19-,20+,21+,22-,23+,26+,27+,28-/m0/s1. The Balaban J connectivity index is 1.85. The molecular weight excluding hydrogens is 608 g/mol. The van der Waals surface area contributed by atoms with Gasteiger partial charge in [0.1, 0.15) is 41.9 Å². The predicted molar refractivity (Wildman–Crippen MR) is 164 cm³/mol. The van der Waals surface area contributed by atoms with Crippen LogP contribution in [0.15, 0.2) is 11.8 Å². The van der Waals surface area contributed by atoms with Crippen molar-refractivity contribution in [1.82, 2.24) is 16.0 Å². The Hall–Kier alpha value is -2.04. The minimum Gasteiger partial charge on any atom is -0.466 e. The van der Waals surface area contributed by atoms with E-state index in [1.165, 1.54) is 6.92 Å². The summed E-state index contributed by atoms with van der Waals surface area (Å²) in [6, 6.07) is -4.28. The maximum Gasteiger partial charge on any atom is 0.249 e. The largest absolute Gasteiger partial charge is 0.466 e. The number of amides is 2. The van der Waals surface area contributed by atoms with Crippen molar-refractivity contribution in [1.29, 1.82) is 0 Å². The Bertz CT molecular complexity index is 1020. The summed E-state index contributed by atoms with van der Waals surface area (Å²) in [6.45, 7) is 1.76. The molecule has 0 bridgehead atoms. The van der Waals surface area contributed by atoms with Gasteiger partial charge in [0.15, 0.2) is 6.29 Å². The van der Waals surface area contributed by atoms with Crippen molar-refractivity contribution in [3.63, 3.8) is 0 Å². The molecule has 0 aromatic carbocycles. The third kappa shape index (κ3) is 9.53. The topological polar surface area (TPSA) is 318 Å². The molecule has 18 heteroatoms. The van der Waals surface area contributed by atoms with Crippen LogP contribution in [0.2, 0.25) is 0 Å². The number of likely N-dealkylation sites (N-methyl/N-ethyl adjacent to an activating group) is 1. The molecule has 1 unspecified atom stereocenters. The average molecular weight is 663 g/mol. The summed E-state index contributed by atoms with van der Waals surface area (Å²) < 4.78 is 23.9. The lowest BCUT2D eigenvalue weighted by Crippen LogP contribution is -2.69. The minimum absolute atomic E-state index is 0.00322. The Morgan fingerprint density at radius 3 is 2.35 bits per heavy atom. The monoisotopic (exact) mass is 662 g/mol. The van der Waals surface area contributed by atoms with Gasteiger partial charge in [0.2, 0.25) is 18.1 Å². The Labute approximate surface area is 268 Å². The van der Waals surface area contributed by atoms with Crippen molar-refractivity contribution in [2.45, 2.75) is 118 Å². The first-order valence-electron chi connectivity index (χ1n) is 15.7. The molecule has 266 valence electrons. The Morgan fingerprint density at radius 2 is 1.72 bits per heavy atom. The van der Waals surface area contributed by atoms with Crippen molar-refractivity contribution in [2.75, 3.05) is 33.3 Å². The van der Waals surface area contributed by atoms with E-state index in [4.69, 9.17) is 47.6 Å². The van der Waals surface area contributed by atoms with Crippen molar-refractivity contribution < 1.29 is 49.0 Å². The first-order valence-corrected chi connectivity index (χ1v) is 15.7. The van der Waals surface area contributed by atoms with Crippen LogP contribution in [0.4, 0.5) is 0 Å². The van der Waals surface area contributed by atoms with Gasteiger partial charge in [-0.2, -0.15) is 0 Å². The highest BCUT2D eigenvalue weighted by molar-refractivity contribution is 5.82. The summed E-state index contributed by atoms with van der Waals surface area (Å²) in [4.78, 5) is 25.6. The van der Waals surface area contributed by atoms with Gasteiger partial charge in [-0.05, 0) is 65.2 Å². The molecule has 0 aromatic heterocycles. The van der Waals surface area contributed by atoms with Crippen LogP contribution >= 0.6 is 0 Å². The number of aliphatic hydroxyl groups is 4. The smallest absolute Gasteiger partial charge is 0.249 e. The van der Waals surface area contributed by atoms with Crippen LogP contribution in [-0.4, -0.2) is 144 Å². The molecule has 0 radical (unpaired) electrons. The van der Waals surface area contributed by atoms with Gasteiger partial charge in [-0.3, -0.25) is 9.59 Å². The van der Waals surface area contributed by atoms with Gasteiger partial charge in [0.05, 0.1) is 37.3 Å². The van der Waals surface area contributed by atoms with E-state index in [2.05, 4.69) is 16.0 Å². The van der Waals surface area contributed by atoms with Crippen molar-refractivity contribution in [3.05, 3.63) is 11.8 Å². The normalized spacial score (nSPS) is 37.8. The summed E-state index contributed by atoms with van der Waals surface area (Å²) in [5, 5.41) is 51.9. The molecule has 1 aliphatic carbocycles. The summed E-state index contributed by atoms with van der Waals surface area (Å²) in [6.07, 6.45) is -6.39. The zero-order valence-corrected chi connectivity index (χ0v) is 26.5. The Kier molecular flexibility index (Phi) is 14.5. The van der Waals surface area contributed by atoms with Gasteiger partial charge in [0.25, 0.3) is 0 Å². The number of carbonyl (C=O) groups excluding carboxylic acids is 2. The maximum atomic E-state index is 12.8. The molecule has 2 heterocycles. The molecule has 2 aliphatic heterocycles. The molecule has 17 N–H and O–H groups in total. The first kappa shape index (κ1) is 38.4. The predicted octanol–water partition coefficient (Wildman–Crippen LogP) is -5.76. The lowest BCUT2D eigenvalue weighted by molar-refractivity contribution is -0.304. The maximum absolute atomic E-state index is 12.8. The van der Waals surface area contributed by atoms with Crippen LogP contribution in [-0.2, 0) is 28.5 Å². The van der Waals surface area contributed by atoms with Crippen LogP contribution in [0.25, 0.3) is 0 Å². The second-order valence-electron chi connectivity index (χ2n) is 12.3. The highest BCUT2D eigenvalue weighted by atomic mass is 16.7. The zero-order valence-electron chi connectivity index (χ0n) is 26.5. The quantitative estimate of drug-likeness (QED) is 0.0777. The second-order valence-corrected chi connectivity index (χ2v) is 12.3. The van der Waals surface area contributed by atoms with Crippen molar-refractivity contribution >= 4 is 11.8 Å². The number of carbonyl (C=O) groups is 2. The van der Waals surface area contributed by atoms with Gasteiger partial charge in [-0.15, -0.1) is 0 Å². The van der Waals surface area contributed by atoms with E-state index >= 15 is 0 Å². The van der Waals surface area contributed by atoms with Gasteiger partial charge in [-0.1, -0.05) is 0 Å². The van der Waals surface area contributed by atoms with Gasteiger partial charge >= 0.3 is 0 Å². The summed E-state index contributed by atoms with van der Waals surface area (Å²) >= 11 is 0. The van der Waals surface area contributed by atoms with Gasteiger partial charge in [0, 0.05) is 6.04 Å². The molecule has 46 heavy (non-hydrogen) atoms. The number of hydrogen-bond acceptors (Lipinski definition) is 16. The Morgan fingerprint density at radius 1 is 1.04 bits per heavy atom. The molecule has 1 saturated carbocycles. The number of rotatable bonds is 15. The first-order chi connectivity index (χ1) is 21.8. The number of hydrogen-bond donors (Lipinski definition) is 12. The second kappa shape index (κ2) is 17.4. The third-order valence-electron chi connectivity index (χ3n) is 8.59. The number of nitrogens with two attached hydrogens (primary N) is 5. The highest BCUT2D eigenvalue weighted by Gasteiger charge is 2.52. The SMILES string of the molecule is CN[C@@H]1[C@@H](O)[C@@H](O[C@@H]2[C@@H](O)[C@H](O[C@H]3OC(CN)=CC[C@H]3NC(=O)C(N)CCCN)[C@@H](N)C[C@H]2NC(=O)[C@@H](O)CCN)OC[C@]1(C)O. The number of aliphatic hydroxyl groups excluding tert-OH is 3. The molecule has 3 rings (SSSR count). The van der Waals surface area contributed by atoms with Crippen LogP contribution in [0, 0.1) is 0 Å². The average Bonchev–Trinajstić information content (AvgIpc) is 3.01. The fourth-order valence-corrected chi connectivity index (χ4v) is 5.97. The number of ether oxygens (including phenoxy) is 4. The molecule has 2 amide bonds. The summed E-state index contributed by atoms with van der Waals surface area (Å²) in [5.41, 5.74) is 27.9. The minimum atomic E-state index is -1.55. The van der Waals surface area contributed by atoms with E-state index in [1.54, 1.807) is 13.1 Å². The van der Waals surface area contributed by atoms with E-state index in [0.29, 0.717) is 25.1 Å². The van der Waals surface area contributed by atoms with E-state index in [9.17, 15) is 30.0 Å². The molecule has 0 spiro atoms. The molecule has 1 saturated heterocycles. The van der Waals surface area contributed by atoms with E-state index in [-0.39, 0.29) is 39.0 Å². The van der Waals surface area contributed by atoms with E-state index < -0.39 is 90.7 Å². The van der Waals surface area contributed by atoms with Gasteiger partial charge < -0.3 is 84.0 Å². The van der Waals surface area contributed by atoms with E-state index in [0.717, 1.165) is 0 Å². The van der Waals surface area contributed by atoms with Crippen LogP contribution in [0.1, 0.15) is 39.0 Å². The van der Waals surface area contributed by atoms with Crippen LogP contribution < -0.4 is 44.6 Å². The lowest BCUT2D eigenvalue weighted by atomic mass is 9.83. The molecular formula is C28H54N8O10. The third-order valence-corrected chi connectivity index (χ3v) is 8.59. The fourth-order valence-electron chi connectivity index (χ4n) is 5.97. The lowest BCUT2D eigenvalue weighted by Gasteiger charge is -2.49. The van der Waals surface area contributed by atoms with E-state index in [1.807, 2.05) is 0 Å². The highest BCUT2D eigenvalue weighted by Crippen LogP contribution is 2.32. The fraction of sp³-hybridized carbons (Fsp3) is 0.857. The van der Waals surface area contributed by atoms with Crippen LogP contribution in [0.5, 0.6) is 0 Å². The summed E-state index contributed by atoms with van der Waals surface area (Å²) in [7, 11) is 1.56. The van der Waals surface area contributed by atoms with Crippen molar-refractivity contribution in [2.24, 2.45) is 28.7 Å². The number of nitrogens with one attached hydrogen (secondary N) is 3. The molecule has 13 atom stereocenters. The van der Waals surface area contributed by atoms with Gasteiger partial charge in [-0.25, -0.2) is 0 Å².